The van der Waals surface area contributed by atoms with Crippen molar-refractivity contribution in [1.82, 2.24) is 0 Å². The Morgan fingerprint density at radius 2 is 1.91 bits per heavy atom. The Kier molecular flexibility index (Phi) is 5.11. The van der Waals surface area contributed by atoms with E-state index >= 15 is 0 Å². The fourth-order valence-electron chi connectivity index (χ4n) is 4.09. The van der Waals surface area contributed by atoms with Crippen molar-refractivity contribution in [3.63, 3.8) is 0 Å². The van der Waals surface area contributed by atoms with Crippen molar-refractivity contribution in [2.24, 2.45) is 5.73 Å². The maximum Gasteiger partial charge on any atom is 0.379 e. The summed E-state index contributed by atoms with van der Waals surface area (Å²) in [6.07, 6.45) is 0. The Morgan fingerprint density at radius 1 is 1.12 bits per heavy atom. The number of carbonyl (C=O) groups excluding carboxylic acids is 1. The number of hydrogen-bond donors (Lipinski definition) is 1. The Labute approximate surface area is 199 Å². The van der Waals surface area contributed by atoms with E-state index in [9.17, 15) is 10.1 Å². The van der Waals surface area contributed by atoms with Crippen LogP contribution < -0.4 is 15.2 Å². The number of rotatable bonds is 3. The van der Waals surface area contributed by atoms with E-state index in [-0.39, 0.29) is 23.0 Å². The Morgan fingerprint density at radius 3 is 2.62 bits per heavy atom. The highest BCUT2D eigenvalue weighted by molar-refractivity contribution is 6.32. The molecule has 0 aliphatic carbocycles. The molecule has 0 bridgehead atoms. The number of furan rings is 2. The molecule has 2 aromatic heterocycles. The molecule has 34 heavy (non-hydrogen) atoms. The molecule has 1 aliphatic rings. The first-order chi connectivity index (χ1) is 16.3. The maximum atomic E-state index is 12.9. The van der Waals surface area contributed by atoms with Crippen molar-refractivity contribution in [2.75, 3.05) is 0 Å². The highest BCUT2D eigenvalue weighted by Gasteiger charge is 2.33. The van der Waals surface area contributed by atoms with Gasteiger partial charge in [-0.2, -0.15) is 5.26 Å². The van der Waals surface area contributed by atoms with Gasteiger partial charge in [0.15, 0.2) is 0 Å². The summed E-state index contributed by atoms with van der Waals surface area (Å²) < 4.78 is 22.8. The predicted molar refractivity (Wildman–Crippen MR) is 125 cm³/mol. The minimum absolute atomic E-state index is 0.0297. The SMILES string of the molecule is Cc1ccc(C2C(C#N)=C(N)Oc3cc(OC(=O)c4oc5cc(C)c(Cl)cc5c4C)ccc32)o1. The average Bonchev–Trinajstić information content (AvgIpc) is 3.36. The summed E-state index contributed by atoms with van der Waals surface area (Å²) in [6, 6.07) is 14.2. The standard InChI is InChI=1S/C26H19ClN2O5/c1-12-8-21-17(10-19(12)27)14(3)24(33-21)26(30)32-15-5-6-16-22(9-15)34-25(29)18(11-28)23(16)20-7-4-13(2)31-20/h4-10,23H,29H2,1-3H3. The zero-order valence-corrected chi connectivity index (χ0v) is 19.3. The van der Waals surface area contributed by atoms with Crippen molar-refractivity contribution in [3.8, 4) is 17.6 Å². The van der Waals surface area contributed by atoms with E-state index in [0.717, 1.165) is 10.9 Å². The normalized spacial score (nSPS) is 15.1. The first-order valence-electron chi connectivity index (χ1n) is 10.5. The lowest BCUT2D eigenvalue weighted by atomic mass is 9.87. The Hall–Kier alpha value is -4.15. The van der Waals surface area contributed by atoms with Gasteiger partial charge in [-0.15, -0.1) is 0 Å². The first kappa shape index (κ1) is 21.7. The molecule has 0 fully saturated rings. The fourth-order valence-corrected chi connectivity index (χ4v) is 4.25. The van der Waals surface area contributed by atoms with Gasteiger partial charge in [-0.05, 0) is 56.7 Å². The molecule has 1 aliphatic heterocycles. The molecular formula is C26H19ClN2O5. The molecule has 2 aromatic carbocycles. The highest BCUT2D eigenvalue weighted by atomic mass is 35.5. The number of nitrogens with two attached hydrogens (primary N) is 1. The number of nitrogens with zero attached hydrogens (tertiary/aromatic N) is 1. The second kappa shape index (κ2) is 8.01. The van der Waals surface area contributed by atoms with Crippen LogP contribution in [0.2, 0.25) is 5.02 Å². The van der Waals surface area contributed by atoms with E-state index in [1.165, 1.54) is 0 Å². The number of benzene rings is 2. The average molecular weight is 475 g/mol. The molecule has 2 N–H and O–H groups in total. The van der Waals surface area contributed by atoms with E-state index in [1.54, 1.807) is 43.3 Å². The van der Waals surface area contributed by atoms with Crippen molar-refractivity contribution >= 4 is 28.5 Å². The zero-order valence-electron chi connectivity index (χ0n) is 18.6. The van der Waals surface area contributed by atoms with Crippen LogP contribution in [0.5, 0.6) is 11.5 Å². The number of allylic oxidation sites excluding steroid dienone is 1. The van der Waals surface area contributed by atoms with Crippen LogP contribution in [0, 0.1) is 32.1 Å². The van der Waals surface area contributed by atoms with Crippen LogP contribution in [0.4, 0.5) is 0 Å². The molecule has 0 saturated carbocycles. The number of hydrogen-bond acceptors (Lipinski definition) is 7. The van der Waals surface area contributed by atoms with Crippen LogP contribution in [0.3, 0.4) is 0 Å². The number of esters is 1. The molecule has 7 nitrogen and oxygen atoms in total. The van der Waals surface area contributed by atoms with Crippen LogP contribution in [-0.4, -0.2) is 5.97 Å². The van der Waals surface area contributed by atoms with Gasteiger partial charge in [0.25, 0.3) is 0 Å². The zero-order chi connectivity index (χ0) is 24.1. The lowest BCUT2D eigenvalue weighted by molar-refractivity contribution is 0.0702. The van der Waals surface area contributed by atoms with Crippen LogP contribution >= 0.6 is 11.6 Å². The van der Waals surface area contributed by atoms with Crippen molar-refractivity contribution in [1.29, 1.82) is 5.26 Å². The minimum Gasteiger partial charge on any atom is -0.465 e. The molecule has 4 aromatic rings. The van der Waals surface area contributed by atoms with Crippen molar-refractivity contribution in [2.45, 2.75) is 26.7 Å². The van der Waals surface area contributed by atoms with Crippen LogP contribution in [0.25, 0.3) is 11.0 Å². The van der Waals surface area contributed by atoms with Gasteiger partial charge in [-0.1, -0.05) is 17.7 Å². The van der Waals surface area contributed by atoms with E-state index in [0.29, 0.717) is 39.0 Å². The Balaban J connectivity index is 1.49. The first-order valence-corrected chi connectivity index (χ1v) is 10.8. The van der Waals surface area contributed by atoms with E-state index in [2.05, 4.69) is 6.07 Å². The summed E-state index contributed by atoms with van der Waals surface area (Å²) >= 11 is 6.22. The lowest BCUT2D eigenvalue weighted by Gasteiger charge is -2.25. The third kappa shape index (κ3) is 3.49. The van der Waals surface area contributed by atoms with Gasteiger partial charge in [0.1, 0.15) is 40.2 Å². The van der Waals surface area contributed by atoms with Crippen LogP contribution in [-0.2, 0) is 0 Å². The third-order valence-corrected chi connectivity index (χ3v) is 6.26. The van der Waals surface area contributed by atoms with Gasteiger partial charge in [-0.25, -0.2) is 4.79 Å². The Bertz CT molecular complexity index is 1550. The largest absolute Gasteiger partial charge is 0.465 e. The molecule has 170 valence electrons. The smallest absolute Gasteiger partial charge is 0.379 e. The summed E-state index contributed by atoms with van der Waals surface area (Å²) in [5, 5.41) is 11.0. The maximum absolute atomic E-state index is 12.9. The molecule has 8 heteroatoms. The predicted octanol–water partition coefficient (Wildman–Crippen LogP) is 6.04. The summed E-state index contributed by atoms with van der Waals surface area (Å²) in [6.45, 7) is 5.45. The third-order valence-electron chi connectivity index (χ3n) is 5.85. The van der Waals surface area contributed by atoms with E-state index in [4.69, 9.17) is 35.6 Å². The summed E-state index contributed by atoms with van der Waals surface area (Å²) in [4.78, 5) is 12.9. The number of fused-ring (bicyclic) bond motifs is 2. The second-order valence-electron chi connectivity index (χ2n) is 8.12. The molecule has 0 saturated heterocycles. The van der Waals surface area contributed by atoms with E-state index in [1.807, 2.05) is 19.9 Å². The number of halogens is 1. The van der Waals surface area contributed by atoms with Gasteiger partial charge in [0, 0.05) is 27.6 Å². The summed E-state index contributed by atoms with van der Waals surface area (Å²) in [7, 11) is 0. The molecule has 3 heterocycles. The number of ether oxygens (including phenoxy) is 2. The van der Waals surface area contributed by atoms with Crippen molar-refractivity contribution in [3.05, 3.63) is 92.9 Å². The second-order valence-corrected chi connectivity index (χ2v) is 8.52. The van der Waals surface area contributed by atoms with Gasteiger partial charge >= 0.3 is 5.97 Å². The number of nitriles is 1. The quantitative estimate of drug-likeness (QED) is 0.284. The molecule has 0 spiro atoms. The van der Waals surface area contributed by atoms with Gasteiger partial charge in [-0.3, -0.25) is 0 Å². The fraction of sp³-hybridized carbons (Fsp3) is 0.154. The highest BCUT2D eigenvalue weighted by Crippen LogP contribution is 2.44. The molecule has 0 amide bonds. The van der Waals surface area contributed by atoms with Crippen molar-refractivity contribution < 1.29 is 23.1 Å². The topological polar surface area (TPSA) is 112 Å². The molecule has 1 atom stereocenters. The molecule has 0 radical (unpaired) electrons. The van der Waals surface area contributed by atoms with Gasteiger partial charge in [0.05, 0.1) is 5.92 Å². The van der Waals surface area contributed by atoms with Crippen LogP contribution in [0.1, 0.15) is 44.7 Å². The molecule has 5 rings (SSSR count). The van der Waals surface area contributed by atoms with E-state index < -0.39 is 11.9 Å². The minimum atomic E-state index is -0.655. The van der Waals surface area contributed by atoms with Crippen LogP contribution in [0.15, 0.2) is 62.8 Å². The lowest BCUT2D eigenvalue weighted by Crippen LogP contribution is -2.21. The molecule has 1 unspecified atom stereocenters. The van der Waals surface area contributed by atoms with Gasteiger partial charge in [0.2, 0.25) is 11.6 Å². The number of carbonyl (C=O) groups is 1. The summed E-state index contributed by atoms with van der Waals surface area (Å²) in [5.74, 6) is 0.754. The monoisotopic (exact) mass is 474 g/mol. The van der Waals surface area contributed by atoms with Gasteiger partial charge < -0.3 is 24.0 Å². The summed E-state index contributed by atoms with van der Waals surface area (Å²) in [5.41, 5.74) is 8.98. The molecular weight excluding hydrogens is 456 g/mol. The number of aryl methyl sites for hydroxylation is 3.